The van der Waals surface area contributed by atoms with Gasteiger partial charge < -0.3 is 5.32 Å². The Balaban J connectivity index is 2.17. The second-order valence-electron chi connectivity index (χ2n) is 3.48. The number of aromatic nitrogens is 2. The van der Waals surface area contributed by atoms with Crippen LogP contribution in [0.2, 0.25) is 0 Å². The molecule has 2 aromatic rings. The van der Waals surface area contributed by atoms with Gasteiger partial charge in [-0.3, -0.25) is 4.79 Å². The molecule has 6 heteroatoms. The molecule has 0 atom stereocenters. The summed E-state index contributed by atoms with van der Waals surface area (Å²) in [5.41, 5.74) is 1.82. The lowest BCUT2D eigenvalue weighted by molar-refractivity contribution is 0.613. The van der Waals surface area contributed by atoms with E-state index < -0.39 is 0 Å². The molecule has 2 rings (SSSR count). The predicted octanol–water partition coefficient (Wildman–Crippen LogP) is 2.70. The average molecular weight is 314 g/mol. The van der Waals surface area contributed by atoms with Crippen molar-refractivity contribution in [2.24, 2.45) is 0 Å². The van der Waals surface area contributed by atoms with Crippen molar-refractivity contribution in [1.82, 2.24) is 9.78 Å². The summed E-state index contributed by atoms with van der Waals surface area (Å²) in [6.45, 7) is 3.15. The lowest BCUT2D eigenvalue weighted by Gasteiger charge is -2.08. The highest BCUT2D eigenvalue weighted by atomic mass is 79.9. The SMILES string of the molecule is CCn1ncc(NCc2ccsc2)c(Br)c1=O. The molecule has 0 bridgehead atoms. The minimum Gasteiger partial charge on any atom is -0.379 e. The molecule has 0 saturated carbocycles. The second kappa shape index (κ2) is 5.46. The number of hydrogen-bond acceptors (Lipinski definition) is 4. The minimum absolute atomic E-state index is 0.109. The fourth-order valence-corrected chi connectivity index (χ4v) is 2.52. The maximum atomic E-state index is 11.8. The fourth-order valence-electron chi connectivity index (χ4n) is 1.40. The number of nitrogens with zero attached hydrogens (tertiary/aromatic N) is 2. The van der Waals surface area contributed by atoms with Gasteiger partial charge in [0.2, 0.25) is 0 Å². The van der Waals surface area contributed by atoms with Crippen LogP contribution in [0.3, 0.4) is 0 Å². The molecular weight excluding hydrogens is 302 g/mol. The third-order valence-corrected chi connectivity index (χ3v) is 3.85. The largest absolute Gasteiger partial charge is 0.379 e. The van der Waals surface area contributed by atoms with Gasteiger partial charge >= 0.3 is 0 Å². The van der Waals surface area contributed by atoms with E-state index in [2.05, 4.69) is 31.7 Å². The maximum absolute atomic E-state index is 11.8. The number of nitrogens with one attached hydrogen (secondary N) is 1. The number of rotatable bonds is 4. The third-order valence-electron chi connectivity index (χ3n) is 2.35. The molecule has 0 fully saturated rings. The number of aryl methyl sites for hydroxylation is 1. The zero-order chi connectivity index (χ0) is 12.3. The van der Waals surface area contributed by atoms with Crippen LogP contribution in [0.4, 0.5) is 5.69 Å². The molecule has 0 aliphatic rings. The summed E-state index contributed by atoms with van der Waals surface area (Å²) in [5.74, 6) is 0. The van der Waals surface area contributed by atoms with Gasteiger partial charge in [0.1, 0.15) is 4.47 Å². The van der Waals surface area contributed by atoms with Crippen molar-refractivity contribution in [3.05, 3.63) is 43.4 Å². The van der Waals surface area contributed by atoms with Gasteiger partial charge in [0.05, 0.1) is 11.9 Å². The zero-order valence-corrected chi connectivity index (χ0v) is 11.7. The van der Waals surface area contributed by atoms with Crippen molar-refractivity contribution in [3.63, 3.8) is 0 Å². The van der Waals surface area contributed by atoms with Gasteiger partial charge in [-0.25, -0.2) is 4.68 Å². The molecule has 0 amide bonds. The molecule has 0 aliphatic heterocycles. The highest BCUT2D eigenvalue weighted by Gasteiger charge is 2.07. The summed E-state index contributed by atoms with van der Waals surface area (Å²) in [4.78, 5) is 11.8. The zero-order valence-electron chi connectivity index (χ0n) is 9.31. The van der Waals surface area contributed by atoms with Gasteiger partial charge in [0.15, 0.2) is 0 Å². The van der Waals surface area contributed by atoms with Crippen LogP contribution in [0.15, 0.2) is 32.3 Å². The van der Waals surface area contributed by atoms with Gasteiger partial charge in [-0.15, -0.1) is 0 Å². The average Bonchev–Trinajstić information content (AvgIpc) is 2.84. The summed E-state index contributed by atoms with van der Waals surface area (Å²) >= 11 is 4.96. The van der Waals surface area contributed by atoms with Gasteiger partial charge in [-0.05, 0) is 45.2 Å². The van der Waals surface area contributed by atoms with Crippen LogP contribution < -0.4 is 10.9 Å². The highest BCUT2D eigenvalue weighted by Crippen LogP contribution is 2.17. The molecule has 4 nitrogen and oxygen atoms in total. The van der Waals surface area contributed by atoms with Crippen LogP contribution in [-0.4, -0.2) is 9.78 Å². The van der Waals surface area contributed by atoms with Gasteiger partial charge in [0, 0.05) is 13.1 Å². The Morgan fingerprint density at radius 1 is 1.59 bits per heavy atom. The van der Waals surface area contributed by atoms with Crippen molar-refractivity contribution in [1.29, 1.82) is 0 Å². The summed E-state index contributed by atoms with van der Waals surface area (Å²) in [6, 6.07) is 2.05. The molecule has 0 aromatic carbocycles. The second-order valence-corrected chi connectivity index (χ2v) is 5.05. The van der Waals surface area contributed by atoms with Crippen molar-refractivity contribution in [3.8, 4) is 0 Å². The minimum atomic E-state index is -0.109. The molecular formula is C11H12BrN3OS. The highest BCUT2D eigenvalue weighted by molar-refractivity contribution is 9.10. The standard InChI is InChI=1S/C11H12BrN3OS/c1-2-15-11(16)10(12)9(6-14-15)13-5-8-3-4-17-7-8/h3-4,6-7,13H,2,5H2,1H3. The molecule has 90 valence electrons. The molecule has 17 heavy (non-hydrogen) atoms. The molecule has 0 spiro atoms. The van der Waals surface area contributed by atoms with Crippen LogP contribution >= 0.6 is 27.3 Å². The molecule has 0 aliphatic carbocycles. The Morgan fingerprint density at radius 3 is 3.06 bits per heavy atom. The van der Waals surface area contributed by atoms with E-state index in [-0.39, 0.29) is 5.56 Å². The summed E-state index contributed by atoms with van der Waals surface area (Å²) in [5, 5.41) is 11.4. The van der Waals surface area contributed by atoms with Crippen LogP contribution in [0, 0.1) is 0 Å². The molecule has 0 radical (unpaired) electrons. The topological polar surface area (TPSA) is 46.9 Å². The third kappa shape index (κ3) is 2.76. The van der Waals surface area contributed by atoms with Crippen LogP contribution in [0.1, 0.15) is 12.5 Å². The predicted molar refractivity (Wildman–Crippen MR) is 73.5 cm³/mol. The number of halogens is 1. The summed E-state index contributed by atoms with van der Waals surface area (Å²) in [6.07, 6.45) is 1.67. The van der Waals surface area contributed by atoms with E-state index >= 15 is 0 Å². The fraction of sp³-hybridized carbons (Fsp3) is 0.273. The molecule has 2 heterocycles. The Hall–Kier alpha value is -1.14. The monoisotopic (exact) mass is 313 g/mol. The molecule has 0 unspecified atom stereocenters. The quantitative estimate of drug-likeness (QED) is 0.944. The summed E-state index contributed by atoms with van der Waals surface area (Å²) in [7, 11) is 0. The summed E-state index contributed by atoms with van der Waals surface area (Å²) < 4.78 is 1.95. The van der Waals surface area contributed by atoms with E-state index in [9.17, 15) is 4.79 Å². The Labute approximate surface area is 111 Å². The van der Waals surface area contributed by atoms with Crippen LogP contribution in [0.25, 0.3) is 0 Å². The van der Waals surface area contributed by atoms with Gasteiger partial charge in [0.25, 0.3) is 5.56 Å². The van der Waals surface area contributed by atoms with Crippen molar-refractivity contribution in [2.75, 3.05) is 5.32 Å². The van der Waals surface area contributed by atoms with Crippen molar-refractivity contribution in [2.45, 2.75) is 20.0 Å². The van der Waals surface area contributed by atoms with Gasteiger partial charge in [-0.1, -0.05) is 0 Å². The van der Waals surface area contributed by atoms with Crippen LogP contribution in [0.5, 0.6) is 0 Å². The van der Waals surface area contributed by atoms with Crippen LogP contribution in [-0.2, 0) is 13.1 Å². The Morgan fingerprint density at radius 2 is 2.41 bits per heavy atom. The van der Waals surface area contributed by atoms with E-state index in [4.69, 9.17) is 0 Å². The van der Waals surface area contributed by atoms with E-state index in [1.165, 1.54) is 10.2 Å². The lowest BCUT2D eigenvalue weighted by Crippen LogP contribution is -2.23. The first-order valence-corrected chi connectivity index (χ1v) is 6.96. The smallest absolute Gasteiger partial charge is 0.283 e. The van der Waals surface area contributed by atoms with Gasteiger partial charge in [-0.2, -0.15) is 16.4 Å². The van der Waals surface area contributed by atoms with Crippen molar-refractivity contribution >= 4 is 33.0 Å². The van der Waals surface area contributed by atoms with E-state index in [0.717, 1.165) is 5.69 Å². The molecule has 1 N–H and O–H groups in total. The molecule has 2 aromatic heterocycles. The lowest BCUT2D eigenvalue weighted by atomic mass is 10.3. The number of hydrogen-bond donors (Lipinski definition) is 1. The first-order valence-electron chi connectivity index (χ1n) is 5.23. The Bertz CT molecular complexity index is 550. The van der Waals surface area contributed by atoms with Crippen molar-refractivity contribution < 1.29 is 0 Å². The Kier molecular flexibility index (Phi) is 3.96. The normalized spacial score (nSPS) is 10.5. The molecule has 0 saturated heterocycles. The number of thiophene rings is 1. The van der Waals surface area contributed by atoms with E-state index in [0.29, 0.717) is 17.6 Å². The first kappa shape index (κ1) is 12.3. The first-order chi connectivity index (χ1) is 8.22. The maximum Gasteiger partial charge on any atom is 0.283 e. The van der Waals surface area contributed by atoms with E-state index in [1.807, 2.05) is 18.4 Å². The van der Waals surface area contributed by atoms with E-state index in [1.54, 1.807) is 17.5 Å². The number of anilines is 1.